The summed E-state index contributed by atoms with van der Waals surface area (Å²) < 4.78 is 0. The molecule has 2 rings (SSSR count). The van der Waals surface area contributed by atoms with Crippen LogP contribution in [-0.2, 0) is 6.54 Å². The van der Waals surface area contributed by atoms with E-state index in [0.717, 1.165) is 0 Å². The van der Waals surface area contributed by atoms with E-state index >= 15 is 0 Å². The lowest BCUT2D eigenvalue weighted by Crippen LogP contribution is -2.04. The largest absolute Gasteiger partial charge is 0.361 e. The summed E-state index contributed by atoms with van der Waals surface area (Å²) in [5.74, 6) is 1.15. The lowest BCUT2D eigenvalue weighted by Gasteiger charge is -2.04. The summed E-state index contributed by atoms with van der Waals surface area (Å²) in [6.45, 7) is 0.438. The molecule has 0 aliphatic heterocycles. The highest BCUT2D eigenvalue weighted by molar-refractivity contribution is 6.33. The van der Waals surface area contributed by atoms with Crippen LogP contribution >= 0.6 is 23.2 Å². The molecule has 0 radical (unpaired) electrons. The van der Waals surface area contributed by atoms with Crippen LogP contribution in [0.5, 0.6) is 0 Å². The zero-order valence-corrected chi connectivity index (χ0v) is 8.92. The second-order valence-corrected chi connectivity index (χ2v) is 3.37. The molecule has 2 heterocycles. The summed E-state index contributed by atoms with van der Waals surface area (Å²) >= 11 is 11.5. The highest BCUT2D eigenvalue weighted by Crippen LogP contribution is 2.19. The first-order valence-electron chi connectivity index (χ1n) is 4.02. The number of rotatable bonds is 3. The number of H-pyrrole nitrogens is 1. The maximum Gasteiger partial charge on any atom is 0.224 e. The molecule has 8 heteroatoms. The van der Waals surface area contributed by atoms with E-state index in [2.05, 4.69) is 30.5 Å². The minimum atomic E-state index is 0.138. The predicted molar refractivity (Wildman–Crippen MR) is 55.8 cm³/mol. The molecule has 78 valence electrons. The average molecular weight is 245 g/mol. The van der Waals surface area contributed by atoms with E-state index in [4.69, 9.17) is 23.2 Å². The van der Waals surface area contributed by atoms with Gasteiger partial charge in [0.15, 0.2) is 0 Å². The van der Waals surface area contributed by atoms with Crippen molar-refractivity contribution < 1.29 is 0 Å². The smallest absolute Gasteiger partial charge is 0.224 e. The molecule has 0 aliphatic carbocycles. The molecule has 15 heavy (non-hydrogen) atoms. The molecule has 0 saturated heterocycles. The Morgan fingerprint density at radius 3 is 2.93 bits per heavy atom. The first-order valence-corrected chi connectivity index (χ1v) is 4.77. The molecule has 0 atom stereocenters. The molecule has 2 aromatic heterocycles. The Bertz CT molecular complexity index is 443. The van der Waals surface area contributed by atoms with Crippen LogP contribution in [0, 0.1) is 0 Å². The van der Waals surface area contributed by atoms with Gasteiger partial charge in [-0.15, -0.1) is 0 Å². The number of nitrogens with one attached hydrogen (secondary N) is 2. The van der Waals surface area contributed by atoms with Crippen molar-refractivity contribution in [3.05, 3.63) is 28.7 Å². The topological polar surface area (TPSA) is 79.4 Å². The molecule has 0 bridgehead atoms. The van der Waals surface area contributed by atoms with Crippen molar-refractivity contribution in [2.45, 2.75) is 6.54 Å². The Labute approximate surface area is 95.1 Å². The number of nitrogens with zero attached hydrogens (tertiary/aromatic N) is 4. The minimum Gasteiger partial charge on any atom is -0.361 e. The van der Waals surface area contributed by atoms with Crippen molar-refractivity contribution in [1.82, 2.24) is 25.1 Å². The fourth-order valence-electron chi connectivity index (χ4n) is 0.953. The van der Waals surface area contributed by atoms with Gasteiger partial charge in [-0.05, 0) is 11.6 Å². The first kappa shape index (κ1) is 10.1. The van der Waals surface area contributed by atoms with Crippen LogP contribution in [0.3, 0.4) is 0 Å². The molecule has 0 aliphatic rings. The van der Waals surface area contributed by atoms with Crippen molar-refractivity contribution in [3.8, 4) is 0 Å². The third-order valence-corrected chi connectivity index (χ3v) is 2.06. The Hall–Kier alpha value is -1.40. The summed E-state index contributed by atoms with van der Waals surface area (Å²) in [6.07, 6.45) is 2.85. The summed E-state index contributed by atoms with van der Waals surface area (Å²) in [5, 5.41) is 9.90. The number of anilines is 1. The Morgan fingerprint density at radius 1 is 1.33 bits per heavy atom. The molecule has 0 saturated carbocycles. The van der Waals surface area contributed by atoms with E-state index in [1.165, 1.54) is 12.5 Å². The monoisotopic (exact) mass is 244 g/mol. The van der Waals surface area contributed by atoms with E-state index < -0.39 is 0 Å². The molecule has 6 nitrogen and oxygen atoms in total. The van der Waals surface area contributed by atoms with Crippen LogP contribution in [-0.4, -0.2) is 25.1 Å². The van der Waals surface area contributed by atoms with Crippen LogP contribution < -0.4 is 5.32 Å². The minimum absolute atomic E-state index is 0.138. The van der Waals surface area contributed by atoms with Crippen LogP contribution in [0.2, 0.25) is 10.3 Å². The van der Waals surface area contributed by atoms with Crippen molar-refractivity contribution in [2.75, 3.05) is 5.32 Å². The van der Waals surface area contributed by atoms with E-state index in [1.54, 1.807) is 0 Å². The van der Waals surface area contributed by atoms with Gasteiger partial charge >= 0.3 is 0 Å². The molecule has 0 unspecified atom stereocenters. The molecule has 0 amide bonds. The summed E-state index contributed by atoms with van der Waals surface area (Å²) in [6, 6.07) is 0. The second kappa shape index (κ2) is 4.41. The van der Waals surface area contributed by atoms with Crippen molar-refractivity contribution in [1.29, 1.82) is 0 Å². The molecule has 2 aromatic rings. The average Bonchev–Trinajstić information content (AvgIpc) is 2.72. The Balaban J connectivity index is 2.07. The first-order chi connectivity index (χ1) is 7.25. The fourth-order valence-corrected chi connectivity index (χ4v) is 1.24. The maximum absolute atomic E-state index is 5.84. The van der Waals surface area contributed by atoms with E-state index in [9.17, 15) is 0 Å². The van der Waals surface area contributed by atoms with Gasteiger partial charge in [-0.2, -0.15) is 10.1 Å². The van der Waals surface area contributed by atoms with Gasteiger partial charge in [0.05, 0.1) is 12.7 Å². The lowest BCUT2D eigenvalue weighted by atomic mass is 10.5. The molecule has 2 N–H and O–H groups in total. The van der Waals surface area contributed by atoms with Crippen LogP contribution in [0.4, 0.5) is 5.82 Å². The maximum atomic E-state index is 5.84. The molecule has 0 fully saturated rings. The van der Waals surface area contributed by atoms with E-state index in [0.29, 0.717) is 23.2 Å². The Morgan fingerprint density at radius 2 is 2.20 bits per heavy atom. The number of halogens is 2. The number of hydrogen-bond acceptors (Lipinski definition) is 5. The van der Waals surface area contributed by atoms with Gasteiger partial charge in [0, 0.05) is 0 Å². The van der Waals surface area contributed by atoms with Gasteiger partial charge in [-0.25, -0.2) is 9.97 Å². The standard InChI is InChI=1S/C7H6Cl2N6/c8-4-1-11-7(9)14-6(4)10-2-5-12-3-13-15-5/h1,3H,2H2,(H,10,11,14)(H,12,13,15). The second-order valence-electron chi connectivity index (χ2n) is 2.62. The Kier molecular flexibility index (Phi) is 2.98. The van der Waals surface area contributed by atoms with Crippen LogP contribution in [0.25, 0.3) is 0 Å². The van der Waals surface area contributed by atoms with Crippen molar-refractivity contribution in [3.63, 3.8) is 0 Å². The normalized spacial score (nSPS) is 10.3. The zero-order chi connectivity index (χ0) is 10.7. The third kappa shape index (κ3) is 2.54. The highest BCUT2D eigenvalue weighted by atomic mass is 35.5. The van der Waals surface area contributed by atoms with Gasteiger partial charge < -0.3 is 5.32 Å². The van der Waals surface area contributed by atoms with Crippen LogP contribution in [0.1, 0.15) is 5.82 Å². The number of aromatic amines is 1. The van der Waals surface area contributed by atoms with Gasteiger partial charge in [0.25, 0.3) is 0 Å². The highest BCUT2D eigenvalue weighted by Gasteiger charge is 2.04. The fraction of sp³-hybridized carbons (Fsp3) is 0.143. The zero-order valence-electron chi connectivity index (χ0n) is 7.41. The third-order valence-electron chi connectivity index (χ3n) is 1.60. The van der Waals surface area contributed by atoms with E-state index in [1.807, 2.05) is 0 Å². The SMILES string of the molecule is Clc1ncc(Cl)c(NCc2ncn[nH]2)n1. The van der Waals surface area contributed by atoms with Gasteiger partial charge in [0.1, 0.15) is 23.0 Å². The lowest BCUT2D eigenvalue weighted by molar-refractivity contribution is 0.945. The van der Waals surface area contributed by atoms with Crippen molar-refractivity contribution >= 4 is 29.0 Å². The summed E-state index contributed by atoms with van der Waals surface area (Å²) in [7, 11) is 0. The van der Waals surface area contributed by atoms with Crippen LogP contribution in [0.15, 0.2) is 12.5 Å². The summed E-state index contributed by atoms with van der Waals surface area (Å²) in [4.78, 5) is 11.6. The molecular formula is C7H6Cl2N6. The number of hydrogen-bond donors (Lipinski definition) is 2. The molecule has 0 aromatic carbocycles. The molecular weight excluding hydrogens is 239 g/mol. The van der Waals surface area contributed by atoms with Gasteiger partial charge in [0.2, 0.25) is 5.28 Å². The quantitative estimate of drug-likeness (QED) is 0.801. The number of aromatic nitrogens is 5. The van der Waals surface area contributed by atoms with Gasteiger partial charge in [-0.1, -0.05) is 11.6 Å². The van der Waals surface area contributed by atoms with Gasteiger partial charge in [-0.3, -0.25) is 5.10 Å². The molecule has 0 spiro atoms. The van der Waals surface area contributed by atoms with E-state index in [-0.39, 0.29) is 5.28 Å². The van der Waals surface area contributed by atoms with Crippen molar-refractivity contribution in [2.24, 2.45) is 0 Å². The summed E-state index contributed by atoms with van der Waals surface area (Å²) in [5.41, 5.74) is 0. The predicted octanol–water partition coefficient (Wildman–Crippen LogP) is 1.51.